The molecule has 1 atom stereocenters. The zero-order valence-electron chi connectivity index (χ0n) is 17.9. The molecule has 4 aromatic rings. The molecule has 0 spiro atoms. The average Bonchev–Trinajstić information content (AvgIpc) is 3.16. The average molecular weight is 415 g/mol. The smallest absolute Gasteiger partial charge is 0.312 e. The van der Waals surface area contributed by atoms with Gasteiger partial charge in [-0.2, -0.15) is 4.98 Å². The number of hydrogen-bond acceptors (Lipinski definition) is 4. The number of anilines is 2. The summed E-state index contributed by atoms with van der Waals surface area (Å²) < 4.78 is 4.80. The molecule has 0 fully saturated rings. The highest BCUT2D eigenvalue weighted by atomic mass is 16.2. The first kappa shape index (κ1) is 19.4. The Balaban J connectivity index is 1.74. The summed E-state index contributed by atoms with van der Waals surface area (Å²) in [6.07, 6.45) is 0. The van der Waals surface area contributed by atoms with E-state index in [4.69, 9.17) is 4.98 Å². The largest absolute Gasteiger partial charge is 0.332 e. The minimum Gasteiger partial charge on any atom is -0.312 e. The van der Waals surface area contributed by atoms with Crippen molar-refractivity contribution < 1.29 is 0 Å². The molecule has 0 saturated heterocycles. The zero-order chi connectivity index (χ0) is 21.7. The third-order valence-electron chi connectivity index (χ3n) is 6.10. The van der Waals surface area contributed by atoms with Crippen molar-refractivity contribution in [1.82, 2.24) is 18.7 Å². The van der Waals surface area contributed by atoms with Gasteiger partial charge in [0.1, 0.15) is 0 Å². The molecule has 0 aliphatic carbocycles. The molecule has 31 heavy (non-hydrogen) atoms. The van der Waals surface area contributed by atoms with Crippen LogP contribution in [-0.2, 0) is 20.1 Å². The van der Waals surface area contributed by atoms with Crippen LogP contribution in [0, 0.1) is 12.8 Å². The van der Waals surface area contributed by atoms with Crippen LogP contribution in [0.5, 0.6) is 0 Å². The van der Waals surface area contributed by atoms with Gasteiger partial charge in [-0.3, -0.25) is 13.9 Å². The Labute approximate surface area is 179 Å². The second-order valence-electron chi connectivity index (χ2n) is 8.41. The monoisotopic (exact) mass is 415 g/mol. The lowest BCUT2D eigenvalue weighted by atomic mass is 10.1. The van der Waals surface area contributed by atoms with E-state index in [0.717, 1.165) is 23.4 Å². The van der Waals surface area contributed by atoms with E-state index in [9.17, 15) is 9.59 Å². The van der Waals surface area contributed by atoms with E-state index in [-0.39, 0.29) is 17.8 Å². The van der Waals surface area contributed by atoms with Crippen molar-refractivity contribution in [3.63, 3.8) is 0 Å². The van der Waals surface area contributed by atoms with Gasteiger partial charge in [0.25, 0.3) is 5.56 Å². The maximum atomic E-state index is 13.6. The molecule has 0 saturated carbocycles. The number of nitrogens with zero attached hydrogens (tertiary/aromatic N) is 5. The van der Waals surface area contributed by atoms with E-state index < -0.39 is 0 Å². The molecule has 3 heterocycles. The third kappa shape index (κ3) is 3.08. The Hall–Kier alpha value is -3.61. The van der Waals surface area contributed by atoms with Crippen LogP contribution in [0.3, 0.4) is 0 Å². The number of aryl methyl sites for hydroxylation is 2. The van der Waals surface area contributed by atoms with Gasteiger partial charge in [0.2, 0.25) is 5.95 Å². The fourth-order valence-corrected chi connectivity index (χ4v) is 4.43. The predicted octanol–water partition coefficient (Wildman–Crippen LogP) is 3.04. The summed E-state index contributed by atoms with van der Waals surface area (Å²) in [5, 5.41) is 0. The summed E-state index contributed by atoms with van der Waals surface area (Å²) in [7, 11) is 1.69. The molecule has 2 aromatic carbocycles. The van der Waals surface area contributed by atoms with Gasteiger partial charge >= 0.3 is 5.69 Å². The second kappa shape index (κ2) is 7.27. The van der Waals surface area contributed by atoms with Crippen molar-refractivity contribution >= 4 is 22.8 Å². The van der Waals surface area contributed by atoms with E-state index in [1.165, 1.54) is 9.13 Å². The molecular formula is C24H25N5O2. The highest BCUT2D eigenvalue weighted by molar-refractivity contribution is 5.77. The lowest BCUT2D eigenvalue weighted by Gasteiger charge is -2.32. The predicted molar refractivity (Wildman–Crippen MR) is 122 cm³/mol. The number of benzene rings is 2. The Morgan fingerprint density at radius 3 is 2.45 bits per heavy atom. The molecule has 7 heteroatoms. The van der Waals surface area contributed by atoms with Crippen molar-refractivity contribution in [2.24, 2.45) is 13.0 Å². The summed E-state index contributed by atoms with van der Waals surface area (Å²) in [6, 6.07) is 17.9. The summed E-state index contributed by atoms with van der Waals surface area (Å²) in [5.41, 5.74) is 3.31. The third-order valence-corrected chi connectivity index (χ3v) is 6.10. The van der Waals surface area contributed by atoms with Crippen LogP contribution in [0.2, 0.25) is 0 Å². The number of para-hydroxylation sites is 1. The van der Waals surface area contributed by atoms with Gasteiger partial charge in [-0.25, -0.2) is 4.79 Å². The van der Waals surface area contributed by atoms with Crippen LogP contribution in [0.4, 0.5) is 11.6 Å². The molecule has 0 amide bonds. The van der Waals surface area contributed by atoms with Crippen molar-refractivity contribution in [3.8, 4) is 0 Å². The van der Waals surface area contributed by atoms with Crippen LogP contribution in [0.1, 0.15) is 18.1 Å². The zero-order valence-corrected chi connectivity index (χ0v) is 17.9. The van der Waals surface area contributed by atoms with Gasteiger partial charge < -0.3 is 9.47 Å². The van der Waals surface area contributed by atoms with Crippen LogP contribution < -0.4 is 16.1 Å². The topological polar surface area (TPSA) is 65.1 Å². The first-order chi connectivity index (χ1) is 15.0. The van der Waals surface area contributed by atoms with Gasteiger partial charge in [0, 0.05) is 25.8 Å². The molecule has 1 aliphatic heterocycles. The molecular weight excluding hydrogens is 390 g/mol. The Morgan fingerprint density at radius 1 is 1.00 bits per heavy atom. The van der Waals surface area contributed by atoms with E-state index >= 15 is 0 Å². The van der Waals surface area contributed by atoms with Crippen LogP contribution in [-0.4, -0.2) is 25.2 Å². The normalized spacial score (nSPS) is 16.0. The van der Waals surface area contributed by atoms with Gasteiger partial charge in [-0.05, 0) is 36.1 Å². The molecule has 7 nitrogen and oxygen atoms in total. The number of rotatable bonds is 3. The SMILES string of the molecule is Cc1ccccc1Cn1c(=O)c2c(nc3n2C[C@@H](C)CN3c2ccccc2)n(C)c1=O. The fraction of sp³-hybridized carbons (Fsp3) is 0.292. The minimum atomic E-state index is -0.351. The van der Waals surface area contributed by atoms with Gasteiger partial charge in [0.15, 0.2) is 11.2 Å². The molecule has 158 valence electrons. The van der Waals surface area contributed by atoms with Gasteiger partial charge in [-0.1, -0.05) is 49.4 Å². The lowest BCUT2D eigenvalue weighted by Crippen LogP contribution is -2.40. The Morgan fingerprint density at radius 2 is 1.71 bits per heavy atom. The number of hydrogen-bond donors (Lipinski definition) is 0. The van der Waals surface area contributed by atoms with E-state index in [0.29, 0.717) is 29.6 Å². The second-order valence-corrected chi connectivity index (χ2v) is 8.41. The first-order valence-electron chi connectivity index (χ1n) is 10.5. The van der Waals surface area contributed by atoms with Crippen molar-refractivity contribution in [2.45, 2.75) is 26.9 Å². The highest BCUT2D eigenvalue weighted by Gasteiger charge is 2.29. The fourth-order valence-electron chi connectivity index (χ4n) is 4.43. The van der Waals surface area contributed by atoms with Gasteiger partial charge in [-0.15, -0.1) is 0 Å². The molecule has 1 aliphatic rings. The van der Waals surface area contributed by atoms with Crippen molar-refractivity contribution in [1.29, 1.82) is 0 Å². The minimum absolute atomic E-state index is 0.243. The quantitative estimate of drug-likeness (QED) is 0.516. The van der Waals surface area contributed by atoms with Crippen LogP contribution >= 0.6 is 0 Å². The lowest BCUT2D eigenvalue weighted by molar-refractivity contribution is 0.458. The molecule has 2 aromatic heterocycles. The van der Waals surface area contributed by atoms with E-state index in [1.807, 2.05) is 66.1 Å². The summed E-state index contributed by atoms with van der Waals surface area (Å²) in [6.45, 7) is 5.89. The highest BCUT2D eigenvalue weighted by Crippen LogP contribution is 2.32. The first-order valence-corrected chi connectivity index (χ1v) is 10.5. The molecule has 0 bridgehead atoms. The maximum Gasteiger partial charge on any atom is 0.332 e. The number of imidazole rings is 1. The Bertz CT molecular complexity index is 1400. The van der Waals surface area contributed by atoms with Crippen molar-refractivity contribution in [2.75, 3.05) is 11.4 Å². The maximum absolute atomic E-state index is 13.6. The summed E-state index contributed by atoms with van der Waals surface area (Å²) in [5.74, 6) is 1.03. The van der Waals surface area contributed by atoms with Crippen LogP contribution in [0.15, 0.2) is 64.2 Å². The molecule has 0 N–H and O–H groups in total. The van der Waals surface area contributed by atoms with Crippen LogP contribution in [0.25, 0.3) is 11.2 Å². The molecule has 0 radical (unpaired) electrons. The molecule has 0 unspecified atom stereocenters. The number of fused-ring (bicyclic) bond motifs is 3. The van der Waals surface area contributed by atoms with Gasteiger partial charge in [0.05, 0.1) is 6.54 Å². The van der Waals surface area contributed by atoms with Crippen molar-refractivity contribution in [3.05, 3.63) is 86.6 Å². The Kier molecular flexibility index (Phi) is 4.54. The summed E-state index contributed by atoms with van der Waals surface area (Å²) in [4.78, 5) is 33.6. The summed E-state index contributed by atoms with van der Waals surface area (Å²) >= 11 is 0. The molecule has 5 rings (SSSR count). The number of aromatic nitrogens is 4. The van der Waals surface area contributed by atoms with E-state index in [2.05, 4.69) is 11.8 Å². The standard InChI is InChI=1S/C24H25N5O2/c1-16-13-27(19-11-5-4-6-12-19)23-25-21-20(28(23)14-16)22(30)29(24(31)26(21)3)15-18-10-8-7-9-17(18)2/h4-12,16H,13-15H2,1-3H3/t16-/m0/s1. The van der Waals surface area contributed by atoms with E-state index in [1.54, 1.807) is 7.05 Å².